The second kappa shape index (κ2) is 4.31. The number of aromatic nitrogens is 1. The van der Waals surface area contributed by atoms with E-state index >= 15 is 0 Å². The molecule has 0 radical (unpaired) electrons. The fourth-order valence-electron chi connectivity index (χ4n) is 1.86. The largest absolute Gasteiger partial charge is 0.497 e. The van der Waals surface area contributed by atoms with E-state index < -0.39 is 0 Å². The summed E-state index contributed by atoms with van der Waals surface area (Å²) in [6.07, 6.45) is 1.73. The molecular formula is C14H12N2OS. The van der Waals surface area contributed by atoms with E-state index in [1.807, 2.05) is 18.2 Å². The highest BCUT2D eigenvalue weighted by Crippen LogP contribution is 2.34. The fourth-order valence-corrected chi connectivity index (χ4v) is 2.87. The van der Waals surface area contributed by atoms with Crippen LogP contribution in [0.4, 0.5) is 5.69 Å². The normalized spacial score (nSPS) is 10.7. The van der Waals surface area contributed by atoms with Crippen LogP contribution in [0.1, 0.15) is 0 Å². The van der Waals surface area contributed by atoms with Gasteiger partial charge in [-0.1, -0.05) is 0 Å². The number of methoxy groups -OCH3 is 1. The number of fused-ring (bicyclic) bond motifs is 1. The van der Waals surface area contributed by atoms with Gasteiger partial charge >= 0.3 is 0 Å². The topological polar surface area (TPSA) is 48.1 Å². The molecule has 18 heavy (non-hydrogen) atoms. The van der Waals surface area contributed by atoms with Gasteiger partial charge in [-0.05, 0) is 41.8 Å². The summed E-state index contributed by atoms with van der Waals surface area (Å²) < 4.78 is 6.44. The predicted molar refractivity (Wildman–Crippen MR) is 76.0 cm³/mol. The van der Waals surface area contributed by atoms with Crippen molar-refractivity contribution in [2.45, 2.75) is 0 Å². The third-order valence-corrected chi connectivity index (χ3v) is 3.90. The van der Waals surface area contributed by atoms with E-state index in [0.29, 0.717) is 0 Å². The first-order valence-corrected chi connectivity index (χ1v) is 6.37. The van der Waals surface area contributed by atoms with E-state index in [-0.39, 0.29) is 0 Å². The molecule has 0 atom stereocenters. The summed E-state index contributed by atoms with van der Waals surface area (Å²) in [6.45, 7) is 0. The quantitative estimate of drug-likeness (QED) is 0.762. The molecule has 0 fully saturated rings. The molecule has 0 aliphatic heterocycles. The van der Waals surface area contributed by atoms with Gasteiger partial charge in [0.25, 0.3) is 0 Å². The Bertz CT molecular complexity index is 706. The Morgan fingerprint density at radius 3 is 2.83 bits per heavy atom. The molecule has 1 aromatic carbocycles. The van der Waals surface area contributed by atoms with Crippen molar-refractivity contribution in [2.24, 2.45) is 0 Å². The third-order valence-electron chi connectivity index (χ3n) is 2.76. The Balaban J connectivity index is 2.13. The molecule has 0 saturated heterocycles. The summed E-state index contributed by atoms with van der Waals surface area (Å²) in [4.78, 5) is 5.46. The number of pyridine rings is 1. The molecule has 0 amide bonds. The SMILES string of the molecule is COc1ccc2sc(-c3cc(N)ccn3)cc2c1. The highest BCUT2D eigenvalue weighted by atomic mass is 32.1. The van der Waals surface area contributed by atoms with E-state index in [0.717, 1.165) is 22.0 Å². The van der Waals surface area contributed by atoms with Gasteiger partial charge in [0.15, 0.2) is 0 Å². The van der Waals surface area contributed by atoms with E-state index in [1.54, 1.807) is 30.7 Å². The molecule has 2 heterocycles. The maximum absolute atomic E-state index is 5.78. The number of rotatable bonds is 2. The Kier molecular flexibility index (Phi) is 2.64. The maximum atomic E-state index is 5.78. The van der Waals surface area contributed by atoms with Crippen LogP contribution in [0.5, 0.6) is 5.75 Å². The van der Waals surface area contributed by atoms with Gasteiger partial charge in [0, 0.05) is 16.6 Å². The number of ether oxygens (including phenoxy) is 1. The summed E-state index contributed by atoms with van der Waals surface area (Å²) in [7, 11) is 1.67. The zero-order valence-corrected chi connectivity index (χ0v) is 10.7. The number of nitrogens with two attached hydrogens (primary N) is 1. The minimum Gasteiger partial charge on any atom is -0.497 e. The average Bonchev–Trinajstić information content (AvgIpc) is 2.81. The van der Waals surface area contributed by atoms with Gasteiger partial charge in [0.2, 0.25) is 0 Å². The lowest BCUT2D eigenvalue weighted by atomic mass is 10.2. The van der Waals surface area contributed by atoms with Crippen molar-refractivity contribution in [3.05, 3.63) is 42.6 Å². The monoisotopic (exact) mass is 256 g/mol. The predicted octanol–water partition coefficient (Wildman–Crippen LogP) is 3.55. The molecule has 0 aliphatic carbocycles. The third kappa shape index (κ3) is 1.91. The lowest BCUT2D eigenvalue weighted by Crippen LogP contribution is -1.86. The van der Waals surface area contributed by atoms with Crippen LogP contribution in [0, 0.1) is 0 Å². The first-order chi connectivity index (χ1) is 8.76. The molecule has 2 aromatic heterocycles. The van der Waals surface area contributed by atoms with Crippen molar-refractivity contribution in [2.75, 3.05) is 12.8 Å². The number of nitrogen functional groups attached to an aromatic ring is 1. The van der Waals surface area contributed by atoms with Gasteiger partial charge in [-0.15, -0.1) is 11.3 Å². The van der Waals surface area contributed by atoms with Crippen molar-refractivity contribution < 1.29 is 4.74 Å². The van der Waals surface area contributed by atoms with Gasteiger partial charge in [-0.2, -0.15) is 0 Å². The molecule has 0 aliphatic rings. The van der Waals surface area contributed by atoms with E-state index in [4.69, 9.17) is 10.5 Å². The van der Waals surface area contributed by atoms with Crippen molar-refractivity contribution in [1.29, 1.82) is 0 Å². The molecule has 3 rings (SSSR count). The second-order valence-corrected chi connectivity index (χ2v) is 5.07. The highest BCUT2D eigenvalue weighted by Gasteiger charge is 2.06. The Morgan fingerprint density at radius 1 is 1.17 bits per heavy atom. The van der Waals surface area contributed by atoms with Crippen LogP contribution >= 0.6 is 11.3 Å². The molecule has 2 N–H and O–H groups in total. The summed E-state index contributed by atoms with van der Waals surface area (Å²) in [5.74, 6) is 0.868. The molecule has 3 nitrogen and oxygen atoms in total. The zero-order chi connectivity index (χ0) is 12.5. The van der Waals surface area contributed by atoms with Crippen LogP contribution in [0.3, 0.4) is 0 Å². The molecule has 90 valence electrons. The lowest BCUT2D eigenvalue weighted by molar-refractivity contribution is 0.415. The molecule has 0 bridgehead atoms. The number of nitrogens with zero attached hydrogens (tertiary/aromatic N) is 1. The van der Waals surface area contributed by atoms with Gasteiger partial charge in [0.1, 0.15) is 5.75 Å². The van der Waals surface area contributed by atoms with Crippen molar-refractivity contribution in [3.63, 3.8) is 0 Å². The first kappa shape index (κ1) is 11.0. The smallest absolute Gasteiger partial charge is 0.119 e. The number of hydrogen-bond acceptors (Lipinski definition) is 4. The van der Waals surface area contributed by atoms with Gasteiger partial charge < -0.3 is 10.5 Å². The minimum absolute atomic E-state index is 0.732. The van der Waals surface area contributed by atoms with Gasteiger partial charge in [0.05, 0.1) is 17.7 Å². The van der Waals surface area contributed by atoms with E-state index in [2.05, 4.69) is 17.1 Å². The van der Waals surface area contributed by atoms with Gasteiger partial charge in [-0.25, -0.2) is 0 Å². The van der Waals surface area contributed by atoms with Crippen LogP contribution in [-0.2, 0) is 0 Å². The standard InChI is InChI=1S/C14H12N2OS/c1-17-11-2-3-13-9(6-11)7-14(18-13)12-8-10(15)4-5-16-12/h2-8H,1H3,(H2,15,16). The van der Waals surface area contributed by atoms with E-state index in [9.17, 15) is 0 Å². The Labute approximate surface area is 109 Å². The number of benzene rings is 1. The van der Waals surface area contributed by atoms with Gasteiger partial charge in [-0.3, -0.25) is 4.98 Å². The maximum Gasteiger partial charge on any atom is 0.119 e. The number of hydrogen-bond donors (Lipinski definition) is 1. The lowest BCUT2D eigenvalue weighted by Gasteiger charge is -1.97. The second-order valence-electron chi connectivity index (χ2n) is 3.99. The molecule has 0 saturated carbocycles. The minimum atomic E-state index is 0.732. The summed E-state index contributed by atoms with van der Waals surface area (Å²) in [5, 5.41) is 1.17. The van der Waals surface area contributed by atoms with Crippen LogP contribution < -0.4 is 10.5 Å². The average molecular weight is 256 g/mol. The summed E-state index contributed by atoms with van der Waals surface area (Å²) in [5.41, 5.74) is 7.42. The summed E-state index contributed by atoms with van der Waals surface area (Å²) >= 11 is 1.70. The van der Waals surface area contributed by atoms with Crippen molar-refractivity contribution >= 4 is 27.1 Å². The fraction of sp³-hybridized carbons (Fsp3) is 0.0714. The Morgan fingerprint density at radius 2 is 2.06 bits per heavy atom. The zero-order valence-electron chi connectivity index (χ0n) is 9.88. The van der Waals surface area contributed by atoms with Crippen LogP contribution in [0.15, 0.2) is 42.6 Å². The molecule has 3 aromatic rings. The molecular weight excluding hydrogens is 244 g/mol. The van der Waals surface area contributed by atoms with Crippen molar-refractivity contribution in [1.82, 2.24) is 4.98 Å². The van der Waals surface area contributed by atoms with E-state index in [1.165, 1.54) is 10.1 Å². The molecule has 0 spiro atoms. The first-order valence-electron chi connectivity index (χ1n) is 5.56. The highest BCUT2D eigenvalue weighted by molar-refractivity contribution is 7.22. The Hall–Kier alpha value is -2.07. The molecule has 4 heteroatoms. The number of thiophene rings is 1. The molecule has 0 unspecified atom stereocenters. The van der Waals surface area contributed by atoms with Crippen LogP contribution in [-0.4, -0.2) is 12.1 Å². The van der Waals surface area contributed by atoms with Crippen molar-refractivity contribution in [3.8, 4) is 16.3 Å². The van der Waals surface area contributed by atoms with Crippen LogP contribution in [0.2, 0.25) is 0 Å². The summed E-state index contributed by atoms with van der Waals surface area (Å²) in [6, 6.07) is 11.9. The van der Waals surface area contributed by atoms with Crippen LogP contribution in [0.25, 0.3) is 20.7 Å². The number of anilines is 1.